The number of methoxy groups -OCH3 is 1. The van der Waals surface area contributed by atoms with Crippen LogP contribution in [0.4, 0.5) is 0 Å². The number of carbonyl (C=O) groups is 1. The van der Waals surface area contributed by atoms with Gasteiger partial charge in [0.05, 0.1) is 18.5 Å². The molecule has 0 atom stereocenters. The summed E-state index contributed by atoms with van der Waals surface area (Å²) in [4.78, 5) is 13.9. The van der Waals surface area contributed by atoms with Crippen LogP contribution in [0.15, 0.2) is 41.3 Å². The number of aliphatic hydroxyl groups is 1. The zero-order valence-electron chi connectivity index (χ0n) is 26.3. The lowest BCUT2D eigenvalue weighted by Crippen LogP contribution is -2.12. The lowest BCUT2D eigenvalue weighted by molar-refractivity contribution is 0.0587. The summed E-state index contributed by atoms with van der Waals surface area (Å²) < 4.78 is 10.9. The first-order valence-electron chi connectivity index (χ1n) is 14.6. The van der Waals surface area contributed by atoms with Crippen LogP contribution in [-0.2, 0) is 42.6 Å². The number of halogens is 1. The third-order valence-electron chi connectivity index (χ3n) is 7.94. The highest BCUT2D eigenvalue weighted by Crippen LogP contribution is 2.43. The van der Waals surface area contributed by atoms with Gasteiger partial charge < -0.3 is 19.5 Å². The summed E-state index contributed by atoms with van der Waals surface area (Å²) in [5.41, 5.74) is 8.91. The maximum absolute atomic E-state index is 12.9. The maximum atomic E-state index is 12.9. The first-order chi connectivity index (χ1) is 21.5. The number of hydrogen-bond acceptors (Lipinski definition) is 8. The molecule has 0 radical (unpaired) electrons. The van der Waals surface area contributed by atoms with Crippen LogP contribution in [0.2, 0.25) is 5.02 Å². The minimum atomic E-state index is -0.424. The number of benzene rings is 2. The van der Waals surface area contributed by atoms with Crippen molar-refractivity contribution in [2.24, 2.45) is 14.1 Å². The summed E-state index contributed by atoms with van der Waals surface area (Å²) in [6.45, 7) is 6.40. The van der Waals surface area contributed by atoms with Crippen molar-refractivity contribution in [3.8, 4) is 16.9 Å². The molecule has 0 saturated heterocycles. The molecule has 0 fully saturated rings. The Balaban J connectivity index is 1.42. The molecule has 2 aromatic carbocycles. The molecule has 0 spiro atoms. The van der Waals surface area contributed by atoms with E-state index in [-0.39, 0.29) is 12.4 Å². The van der Waals surface area contributed by atoms with Crippen LogP contribution in [0.25, 0.3) is 22.0 Å². The molecular formula is C33H38ClN5O4S2. The van der Waals surface area contributed by atoms with E-state index < -0.39 is 5.97 Å². The number of phenolic OH excluding ortho intramolecular Hbond substituents is 1. The molecule has 2 N–H and O–H groups in total. The van der Waals surface area contributed by atoms with E-state index in [0.29, 0.717) is 35.2 Å². The third-order valence-corrected chi connectivity index (χ3v) is 10.2. The predicted molar refractivity (Wildman–Crippen MR) is 182 cm³/mol. The second-order valence-electron chi connectivity index (χ2n) is 11.1. The number of esters is 1. The molecule has 12 heteroatoms. The fourth-order valence-corrected chi connectivity index (χ4v) is 7.94. The van der Waals surface area contributed by atoms with E-state index in [0.717, 1.165) is 66.6 Å². The summed E-state index contributed by atoms with van der Waals surface area (Å²) in [5, 5.41) is 30.6. The second-order valence-corrected chi connectivity index (χ2v) is 13.5. The van der Waals surface area contributed by atoms with E-state index >= 15 is 0 Å². The highest BCUT2D eigenvalue weighted by atomic mass is 35.5. The summed E-state index contributed by atoms with van der Waals surface area (Å²) >= 11 is 10.3. The molecule has 3 heterocycles. The van der Waals surface area contributed by atoms with Crippen LogP contribution in [0.1, 0.15) is 50.8 Å². The van der Waals surface area contributed by atoms with E-state index in [2.05, 4.69) is 12.1 Å². The number of nitrogens with zero attached hydrogens (tertiary/aromatic N) is 5. The topological polar surface area (TPSA) is 107 Å². The molecule has 0 aliphatic rings. The monoisotopic (exact) mass is 667 g/mol. The molecule has 238 valence electrons. The normalized spacial score (nSPS) is 11.6. The number of hydrogen-bond donors (Lipinski definition) is 2. The number of phenols is 1. The quantitative estimate of drug-likeness (QED) is 0.109. The van der Waals surface area contributed by atoms with Crippen molar-refractivity contribution < 1.29 is 19.7 Å². The van der Waals surface area contributed by atoms with Gasteiger partial charge in [0.15, 0.2) is 0 Å². The van der Waals surface area contributed by atoms with E-state index in [1.54, 1.807) is 35.7 Å². The number of fused-ring (bicyclic) bond motifs is 1. The van der Waals surface area contributed by atoms with Gasteiger partial charge in [0, 0.05) is 87.8 Å². The van der Waals surface area contributed by atoms with E-state index in [1.165, 1.54) is 7.11 Å². The van der Waals surface area contributed by atoms with Crippen molar-refractivity contribution >= 4 is 52.0 Å². The van der Waals surface area contributed by atoms with Gasteiger partial charge in [0.2, 0.25) is 0 Å². The Morgan fingerprint density at radius 2 is 1.78 bits per heavy atom. The molecule has 0 unspecified atom stereocenters. The molecule has 0 aliphatic carbocycles. The van der Waals surface area contributed by atoms with Crippen LogP contribution >= 0.6 is 35.1 Å². The lowest BCUT2D eigenvalue weighted by Gasteiger charge is -2.11. The van der Waals surface area contributed by atoms with Gasteiger partial charge in [-0.15, -0.1) is 23.5 Å². The van der Waals surface area contributed by atoms with Gasteiger partial charge >= 0.3 is 5.97 Å². The van der Waals surface area contributed by atoms with Gasteiger partial charge in [0.1, 0.15) is 11.4 Å². The molecule has 0 aliphatic heterocycles. The Morgan fingerprint density at radius 3 is 2.49 bits per heavy atom. The Kier molecular flexibility index (Phi) is 10.2. The number of aromatic nitrogens is 5. The molecule has 0 bridgehead atoms. The van der Waals surface area contributed by atoms with E-state index in [4.69, 9.17) is 26.5 Å². The van der Waals surface area contributed by atoms with Crippen molar-refractivity contribution in [2.75, 3.05) is 13.7 Å². The molecule has 0 saturated carbocycles. The SMILES string of the molecule is COC(=O)c1c(C)c2c(-c3c(CSCc4cc(CSc5cc(C)cc(O)c5)n(C)n4)nn(C)c3C)c(Cl)ccc2n1CCCO. The van der Waals surface area contributed by atoms with Gasteiger partial charge in [0.25, 0.3) is 0 Å². The van der Waals surface area contributed by atoms with Gasteiger partial charge in [-0.25, -0.2) is 4.79 Å². The molecule has 5 rings (SSSR count). The Bertz CT molecular complexity index is 1860. The van der Waals surface area contributed by atoms with Crippen LogP contribution in [0.5, 0.6) is 5.75 Å². The molecule has 45 heavy (non-hydrogen) atoms. The number of rotatable bonds is 12. The van der Waals surface area contributed by atoms with Crippen LogP contribution in [0.3, 0.4) is 0 Å². The second kappa shape index (κ2) is 13.9. The van der Waals surface area contributed by atoms with Crippen LogP contribution < -0.4 is 0 Å². The Hall–Kier alpha value is -3.38. The van der Waals surface area contributed by atoms with Crippen LogP contribution in [0, 0.1) is 20.8 Å². The van der Waals surface area contributed by atoms with Gasteiger partial charge in [-0.1, -0.05) is 11.6 Å². The number of aromatic hydroxyl groups is 1. The zero-order chi connectivity index (χ0) is 32.4. The Morgan fingerprint density at radius 1 is 1.00 bits per heavy atom. The Labute approximate surface area is 276 Å². The molecule has 5 aromatic rings. The van der Waals surface area contributed by atoms with Crippen molar-refractivity contribution in [3.05, 3.63) is 81.0 Å². The molecular weight excluding hydrogens is 630 g/mol. The number of ether oxygens (including phenoxy) is 1. The number of carbonyl (C=O) groups excluding carboxylic acids is 1. The number of thioether (sulfide) groups is 2. The van der Waals surface area contributed by atoms with Gasteiger partial charge in [-0.2, -0.15) is 10.2 Å². The van der Waals surface area contributed by atoms with Crippen molar-refractivity contribution in [1.29, 1.82) is 0 Å². The number of aliphatic hydroxyl groups excluding tert-OH is 1. The molecule has 9 nitrogen and oxygen atoms in total. The fraction of sp³-hybridized carbons (Fsp3) is 0.364. The summed E-state index contributed by atoms with van der Waals surface area (Å²) in [7, 11) is 5.26. The molecule has 3 aromatic heterocycles. The smallest absolute Gasteiger partial charge is 0.354 e. The molecule has 0 amide bonds. The average molecular weight is 668 g/mol. The zero-order valence-corrected chi connectivity index (χ0v) is 28.7. The summed E-state index contributed by atoms with van der Waals surface area (Å²) in [6.07, 6.45) is 0.502. The van der Waals surface area contributed by atoms with Crippen LogP contribution in [-0.4, -0.2) is 54.0 Å². The minimum Gasteiger partial charge on any atom is -0.508 e. The fourth-order valence-electron chi connectivity index (χ4n) is 5.78. The predicted octanol–water partition coefficient (Wildman–Crippen LogP) is 6.95. The largest absolute Gasteiger partial charge is 0.508 e. The lowest BCUT2D eigenvalue weighted by atomic mass is 9.97. The minimum absolute atomic E-state index is 0.0107. The first kappa shape index (κ1) is 33.0. The summed E-state index contributed by atoms with van der Waals surface area (Å²) in [6, 6.07) is 11.5. The highest BCUT2D eigenvalue weighted by Gasteiger charge is 2.27. The standard InChI is InChI=1S/C33H38ClN5O4S2/c1-19-12-24(41)15-25(13-19)45-17-23-14-22(35-38(23)5)16-44-18-27-30(21(3)37(4)36-27)31-26(34)8-9-28-29(31)20(2)32(33(42)43-6)39(28)10-7-11-40/h8-9,12-15,40-41H,7,10-11,16-18H2,1-6H3. The average Bonchev–Trinajstić information content (AvgIpc) is 3.59. The van der Waals surface area contributed by atoms with Crippen molar-refractivity contribution in [3.63, 3.8) is 0 Å². The van der Waals surface area contributed by atoms with Crippen molar-refractivity contribution in [1.82, 2.24) is 24.1 Å². The van der Waals surface area contributed by atoms with Crippen molar-refractivity contribution in [2.45, 2.75) is 55.9 Å². The van der Waals surface area contributed by atoms with E-state index in [1.807, 2.05) is 60.9 Å². The van der Waals surface area contributed by atoms with E-state index in [9.17, 15) is 15.0 Å². The third kappa shape index (κ3) is 6.77. The van der Waals surface area contributed by atoms with Gasteiger partial charge in [-0.05, 0) is 74.7 Å². The summed E-state index contributed by atoms with van der Waals surface area (Å²) in [5.74, 6) is 1.95. The highest BCUT2D eigenvalue weighted by molar-refractivity contribution is 7.98. The van der Waals surface area contributed by atoms with Gasteiger partial charge in [-0.3, -0.25) is 9.36 Å². The maximum Gasteiger partial charge on any atom is 0.354 e. The number of aryl methyl sites for hydroxylation is 5. The first-order valence-corrected chi connectivity index (χ1v) is 17.1.